The third-order valence-corrected chi connectivity index (χ3v) is 3.92. The molecule has 0 aromatic rings. The van der Waals surface area contributed by atoms with Gasteiger partial charge in [0.05, 0.1) is 12.0 Å². The molecule has 0 unspecified atom stereocenters. The van der Waals surface area contributed by atoms with Crippen molar-refractivity contribution in [2.24, 2.45) is 5.41 Å². The van der Waals surface area contributed by atoms with E-state index in [4.69, 9.17) is 4.74 Å². The molecule has 1 N–H and O–H groups in total. The average molecular weight is 269 g/mol. The quantitative estimate of drug-likeness (QED) is 0.796. The monoisotopic (exact) mass is 269 g/mol. The van der Waals surface area contributed by atoms with E-state index in [2.05, 4.69) is 5.32 Å². The number of rotatable bonds is 4. The number of nitrogens with one attached hydrogen (secondary N) is 1. The standard InChI is InChI=1S/C13H23N3O3/c1-3-19-12(18)16-8-6-15(7-9-16)11(17)13(4-5-13)10-14-2/h14H,3-10H2,1-2H3. The smallest absolute Gasteiger partial charge is 0.409 e. The Morgan fingerprint density at radius 3 is 2.21 bits per heavy atom. The van der Waals surface area contributed by atoms with E-state index in [-0.39, 0.29) is 17.4 Å². The zero-order valence-electron chi connectivity index (χ0n) is 11.8. The number of piperazine rings is 1. The van der Waals surface area contributed by atoms with Crippen LogP contribution >= 0.6 is 0 Å². The molecular weight excluding hydrogens is 246 g/mol. The number of carbonyl (C=O) groups is 2. The molecule has 6 nitrogen and oxygen atoms in total. The van der Waals surface area contributed by atoms with E-state index in [1.807, 2.05) is 11.9 Å². The SMILES string of the molecule is CCOC(=O)N1CCN(C(=O)C2(CNC)CC2)CC1. The lowest BCUT2D eigenvalue weighted by molar-refractivity contribution is -0.138. The maximum Gasteiger partial charge on any atom is 0.409 e. The van der Waals surface area contributed by atoms with E-state index in [9.17, 15) is 9.59 Å². The maximum atomic E-state index is 12.4. The minimum absolute atomic E-state index is 0.166. The Kier molecular flexibility index (Phi) is 4.29. The van der Waals surface area contributed by atoms with Crippen LogP contribution in [0.2, 0.25) is 0 Å². The highest BCUT2D eigenvalue weighted by atomic mass is 16.6. The molecule has 108 valence electrons. The summed E-state index contributed by atoms with van der Waals surface area (Å²) in [7, 11) is 1.88. The first kappa shape index (κ1) is 14.1. The van der Waals surface area contributed by atoms with E-state index in [0.29, 0.717) is 32.8 Å². The van der Waals surface area contributed by atoms with Crippen molar-refractivity contribution < 1.29 is 14.3 Å². The summed E-state index contributed by atoms with van der Waals surface area (Å²) in [6.07, 6.45) is 1.68. The summed E-state index contributed by atoms with van der Waals surface area (Å²) in [5.74, 6) is 0.241. The van der Waals surface area contributed by atoms with Gasteiger partial charge in [0.15, 0.2) is 0 Å². The molecule has 0 spiro atoms. The summed E-state index contributed by atoms with van der Waals surface area (Å²) in [6, 6.07) is 0. The number of hydrogen-bond donors (Lipinski definition) is 1. The number of ether oxygens (including phenoxy) is 1. The fourth-order valence-electron chi connectivity index (χ4n) is 2.60. The van der Waals surface area contributed by atoms with Crippen molar-refractivity contribution in [3.05, 3.63) is 0 Å². The Morgan fingerprint density at radius 2 is 1.74 bits per heavy atom. The van der Waals surface area contributed by atoms with E-state index in [1.165, 1.54) is 0 Å². The molecule has 1 aliphatic heterocycles. The topological polar surface area (TPSA) is 61.9 Å². The second kappa shape index (κ2) is 5.77. The predicted molar refractivity (Wildman–Crippen MR) is 70.8 cm³/mol. The van der Waals surface area contributed by atoms with Crippen molar-refractivity contribution >= 4 is 12.0 Å². The summed E-state index contributed by atoms with van der Waals surface area (Å²) in [6.45, 7) is 5.31. The summed E-state index contributed by atoms with van der Waals surface area (Å²) in [5, 5.41) is 3.10. The molecule has 0 bridgehead atoms. The van der Waals surface area contributed by atoms with E-state index >= 15 is 0 Å². The van der Waals surface area contributed by atoms with Gasteiger partial charge in [-0.05, 0) is 26.8 Å². The Morgan fingerprint density at radius 1 is 1.16 bits per heavy atom. The molecule has 1 saturated carbocycles. The van der Waals surface area contributed by atoms with Crippen molar-refractivity contribution in [3.63, 3.8) is 0 Å². The van der Waals surface area contributed by atoms with Gasteiger partial charge in [0.1, 0.15) is 0 Å². The third-order valence-electron chi connectivity index (χ3n) is 3.92. The minimum Gasteiger partial charge on any atom is -0.450 e. The Hall–Kier alpha value is -1.30. The zero-order valence-corrected chi connectivity index (χ0v) is 11.8. The van der Waals surface area contributed by atoms with E-state index in [0.717, 1.165) is 19.4 Å². The van der Waals surface area contributed by atoms with Crippen LogP contribution in [0.25, 0.3) is 0 Å². The van der Waals surface area contributed by atoms with Crippen molar-refractivity contribution in [2.75, 3.05) is 46.4 Å². The van der Waals surface area contributed by atoms with Gasteiger partial charge < -0.3 is 19.9 Å². The van der Waals surface area contributed by atoms with Gasteiger partial charge in [-0.25, -0.2) is 4.79 Å². The number of amides is 2. The lowest BCUT2D eigenvalue weighted by atomic mass is 10.0. The summed E-state index contributed by atoms with van der Waals surface area (Å²) < 4.78 is 4.97. The first-order valence-electron chi connectivity index (χ1n) is 6.98. The van der Waals surface area contributed by atoms with Crippen molar-refractivity contribution in [3.8, 4) is 0 Å². The van der Waals surface area contributed by atoms with Gasteiger partial charge in [-0.3, -0.25) is 4.79 Å². The van der Waals surface area contributed by atoms with Crippen LogP contribution in [0.3, 0.4) is 0 Å². The highest BCUT2D eigenvalue weighted by molar-refractivity contribution is 5.86. The van der Waals surface area contributed by atoms with Gasteiger partial charge >= 0.3 is 6.09 Å². The second-order valence-electron chi connectivity index (χ2n) is 5.29. The largest absolute Gasteiger partial charge is 0.450 e. The fourth-order valence-corrected chi connectivity index (χ4v) is 2.60. The maximum absolute atomic E-state index is 12.4. The number of carbonyl (C=O) groups excluding carboxylic acids is 2. The van der Waals surface area contributed by atoms with Crippen molar-refractivity contribution in [1.29, 1.82) is 0 Å². The lowest BCUT2D eigenvalue weighted by Crippen LogP contribution is -2.53. The first-order valence-corrected chi connectivity index (χ1v) is 6.98. The van der Waals surface area contributed by atoms with E-state index in [1.54, 1.807) is 11.8 Å². The molecule has 1 saturated heterocycles. The van der Waals surface area contributed by atoms with Crippen LogP contribution in [0.4, 0.5) is 4.79 Å². The molecule has 1 heterocycles. The molecule has 1 aliphatic carbocycles. The van der Waals surface area contributed by atoms with Gasteiger partial charge in [0.25, 0.3) is 0 Å². The highest BCUT2D eigenvalue weighted by Crippen LogP contribution is 2.46. The average Bonchev–Trinajstić information content (AvgIpc) is 3.20. The molecule has 2 aliphatic rings. The minimum atomic E-state index is -0.272. The summed E-state index contributed by atoms with van der Waals surface area (Å²) in [5.41, 5.74) is -0.166. The van der Waals surface area contributed by atoms with Crippen molar-refractivity contribution in [1.82, 2.24) is 15.1 Å². The molecule has 19 heavy (non-hydrogen) atoms. The molecule has 6 heteroatoms. The first-order chi connectivity index (χ1) is 9.13. The number of hydrogen-bond acceptors (Lipinski definition) is 4. The second-order valence-corrected chi connectivity index (χ2v) is 5.29. The van der Waals surface area contributed by atoms with Crippen molar-refractivity contribution in [2.45, 2.75) is 19.8 Å². The zero-order chi connectivity index (χ0) is 13.9. The van der Waals surface area contributed by atoms with Gasteiger partial charge in [0.2, 0.25) is 5.91 Å². The lowest BCUT2D eigenvalue weighted by Gasteiger charge is -2.36. The van der Waals surface area contributed by atoms with Crippen LogP contribution in [0.5, 0.6) is 0 Å². The molecule has 0 radical (unpaired) electrons. The molecule has 2 fully saturated rings. The molecule has 2 amide bonds. The summed E-state index contributed by atoms with van der Waals surface area (Å²) >= 11 is 0. The Bertz CT molecular complexity index is 347. The van der Waals surface area contributed by atoms with Crippen LogP contribution < -0.4 is 5.32 Å². The fraction of sp³-hybridized carbons (Fsp3) is 0.846. The Labute approximate surface area is 114 Å². The molecule has 0 aromatic carbocycles. The van der Waals surface area contributed by atoms with Crippen LogP contribution in [0.15, 0.2) is 0 Å². The van der Waals surface area contributed by atoms with Gasteiger partial charge in [-0.1, -0.05) is 0 Å². The molecule has 0 aromatic heterocycles. The predicted octanol–water partition coefficient (Wildman–Crippen LogP) is 0.287. The molecular formula is C13H23N3O3. The summed E-state index contributed by atoms with van der Waals surface area (Å²) in [4.78, 5) is 27.6. The Balaban J connectivity index is 1.83. The van der Waals surface area contributed by atoms with Gasteiger partial charge in [-0.15, -0.1) is 0 Å². The van der Waals surface area contributed by atoms with Crippen LogP contribution in [0.1, 0.15) is 19.8 Å². The normalized spacial score (nSPS) is 21.2. The van der Waals surface area contributed by atoms with Gasteiger partial charge in [0, 0.05) is 32.7 Å². The molecule has 2 rings (SSSR count). The highest BCUT2D eigenvalue weighted by Gasteiger charge is 2.51. The van der Waals surface area contributed by atoms with E-state index < -0.39 is 0 Å². The number of nitrogens with zero attached hydrogens (tertiary/aromatic N) is 2. The van der Waals surface area contributed by atoms with Gasteiger partial charge in [-0.2, -0.15) is 0 Å². The molecule has 0 atom stereocenters. The third kappa shape index (κ3) is 3.00. The van der Waals surface area contributed by atoms with Crippen LogP contribution in [0, 0.1) is 5.41 Å². The van der Waals surface area contributed by atoms with Crippen LogP contribution in [-0.2, 0) is 9.53 Å². The van der Waals surface area contributed by atoms with Crippen LogP contribution in [-0.4, -0.2) is 68.2 Å².